The molecule has 0 saturated carbocycles. The molecule has 1 fully saturated rings. The highest BCUT2D eigenvalue weighted by Crippen LogP contribution is 2.20. The molecule has 0 unspecified atom stereocenters. The second kappa shape index (κ2) is 7.80. The lowest BCUT2D eigenvalue weighted by molar-refractivity contribution is -0.139. The number of carbonyl (C=O) groups is 2. The number of hydrogen-bond acceptors (Lipinski definition) is 3. The van der Waals surface area contributed by atoms with Crippen molar-refractivity contribution in [1.29, 1.82) is 0 Å². The molecule has 1 atom stereocenters. The number of benzene rings is 1. The maximum atomic E-state index is 13.4. The molecule has 28 heavy (non-hydrogen) atoms. The fraction of sp³-hybridized carbons (Fsp3) is 0.286. The molecule has 0 bridgehead atoms. The molecule has 1 aliphatic heterocycles. The molecule has 144 valence electrons. The lowest BCUT2D eigenvalue weighted by Crippen LogP contribution is -2.45. The third-order valence-corrected chi connectivity index (χ3v) is 5.07. The Morgan fingerprint density at radius 3 is 3.00 bits per heavy atom. The maximum Gasteiger partial charge on any atom is 0.225 e. The zero-order chi connectivity index (χ0) is 19.5. The molecule has 0 radical (unpaired) electrons. The van der Waals surface area contributed by atoms with Crippen LogP contribution in [0.15, 0.2) is 54.9 Å². The van der Waals surface area contributed by atoms with Crippen LogP contribution in [-0.2, 0) is 22.7 Å². The minimum Gasteiger partial charge on any atom is -0.350 e. The number of likely N-dealkylation sites (tertiary alicyclic amines) is 1. The van der Waals surface area contributed by atoms with Crippen molar-refractivity contribution < 1.29 is 14.0 Å². The molecule has 1 aromatic carbocycles. The van der Waals surface area contributed by atoms with Crippen LogP contribution in [0.4, 0.5) is 4.39 Å². The van der Waals surface area contributed by atoms with E-state index < -0.39 is 0 Å². The predicted octanol–water partition coefficient (Wildman–Crippen LogP) is 2.53. The number of hydrogen-bond donors (Lipinski definition) is 1. The number of aromatic nitrogens is 2. The summed E-state index contributed by atoms with van der Waals surface area (Å²) in [5, 5.41) is 2.96. The molecule has 1 N–H and O–H groups in total. The van der Waals surface area contributed by atoms with E-state index in [0.29, 0.717) is 32.5 Å². The summed E-state index contributed by atoms with van der Waals surface area (Å²) in [5.74, 6) is -0.688. The number of piperidine rings is 1. The van der Waals surface area contributed by atoms with Crippen molar-refractivity contribution in [1.82, 2.24) is 19.6 Å². The summed E-state index contributed by atoms with van der Waals surface area (Å²) in [6.45, 7) is 1.03. The van der Waals surface area contributed by atoms with Gasteiger partial charge in [0.05, 0.1) is 24.4 Å². The number of fused-ring (bicyclic) bond motifs is 1. The fourth-order valence-electron chi connectivity index (χ4n) is 3.58. The van der Waals surface area contributed by atoms with Gasteiger partial charge in [-0.15, -0.1) is 0 Å². The van der Waals surface area contributed by atoms with E-state index in [0.717, 1.165) is 16.9 Å². The van der Waals surface area contributed by atoms with Crippen molar-refractivity contribution in [3.8, 4) is 0 Å². The third-order valence-electron chi connectivity index (χ3n) is 5.07. The first-order chi connectivity index (χ1) is 13.6. The van der Waals surface area contributed by atoms with E-state index in [2.05, 4.69) is 10.3 Å². The van der Waals surface area contributed by atoms with E-state index in [4.69, 9.17) is 0 Å². The molecule has 0 aliphatic carbocycles. The molecule has 6 nitrogen and oxygen atoms in total. The molecular weight excluding hydrogens is 359 g/mol. The summed E-state index contributed by atoms with van der Waals surface area (Å²) >= 11 is 0. The van der Waals surface area contributed by atoms with E-state index in [1.165, 1.54) is 12.1 Å². The van der Waals surface area contributed by atoms with Crippen LogP contribution in [0.5, 0.6) is 0 Å². The predicted molar refractivity (Wildman–Crippen MR) is 102 cm³/mol. The number of nitrogens with zero attached hydrogens (tertiary/aromatic N) is 3. The minimum absolute atomic E-state index is 0.00454. The Hall–Kier alpha value is -3.22. The number of pyridine rings is 1. The fourth-order valence-corrected chi connectivity index (χ4v) is 3.58. The van der Waals surface area contributed by atoms with Crippen LogP contribution in [0.1, 0.15) is 24.1 Å². The van der Waals surface area contributed by atoms with Gasteiger partial charge in [0.25, 0.3) is 0 Å². The zero-order valence-electron chi connectivity index (χ0n) is 15.3. The van der Waals surface area contributed by atoms with Crippen molar-refractivity contribution >= 4 is 17.5 Å². The SMILES string of the molecule is O=C(NCc1cnc2ccccn12)[C@H]1CCC(=O)N(Cc2cccc(F)c2)C1. The molecule has 2 amide bonds. The average Bonchev–Trinajstić information content (AvgIpc) is 3.11. The Morgan fingerprint density at radius 2 is 2.14 bits per heavy atom. The number of halogens is 1. The van der Waals surface area contributed by atoms with Gasteiger partial charge in [-0.25, -0.2) is 9.37 Å². The van der Waals surface area contributed by atoms with Crippen molar-refractivity contribution in [2.75, 3.05) is 6.54 Å². The van der Waals surface area contributed by atoms with Gasteiger partial charge in [0, 0.05) is 25.7 Å². The first-order valence-electron chi connectivity index (χ1n) is 9.31. The second-order valence-electron chi connectivity index (χ2n) is 7.04. The van der Waals surface area contributed by atoms with Gasteiger partial charge < -0.3 is 14.6 Å². The van der Waals surface area contributed by atoms with Crippen LogP contribution in [0.2, 0.25) is 0 Å². The molecule has 3 heterocycles. The van der Waals surface area contributed by atoms with Crippen LogP contribution in [0.3, 0.4) is 0 Å². The first-order valence-corrected chi connectivity index (χ1v) is 9.31. The number of amides is 2. The topological polar surface area (TPSA) is 66.7 Å². The standard InChI is InChI=1S/C21H21FN4O2/c22-17-5-3-4-15(10-17)13-25-14-16(7-8-20(25)27)21(28)24-12-18-11-23-19-6-1-2-9-26(18)19/h1-6,9-11,16H,7-8,12-14H2,(H,24,28)/t16-/m0/s1. The lowest BCUT2D eigenvalue weighted by atomic mass is 9.96. The largest absolute Gasteiger partial charge is 0.350 e. The summed E-state index contributed by atoms with van der Waals surface area (Å²) in [5.41, 5.74) is 2.45. The van der Waals surface area contributed by atoms with E-state index in [1.54, 1.807) is 23.2 Å². The van der Waals surface area contributed by atoms with Crippen molar-refractivity contribution in [3.05, 3.63) is 71.9 Å². The molecule has 0 spiro atoms. The number of carbonyl (C=O) groups excluding carboxylic acids is 2. The van der Waals surface area contributed by atoms with Gasteiger partial charge in [0.2, 0.25) is 11.8 Å². The van der Waals surface area contributed by atoms with Crippen LogP contribution in [0, 0.1) is 11.7 Å². The number of nitrogens with one attached hydrogen (secondary N) is 1. The quantitative estimate of drug-likeness (QED) is 0.740. The smallest absolute Gasteiger partial charge is 0.225 e. The normalized spacial score (nSPS) is 17.1. The van der Waals surface area contributed by atoms with Gasteiger partial charge in [-0.2, -0.15) is 0 Å². The lowest BCUT2D eigenvalue weighted by Gasteiger charge is -2.32. The van der Waals surface area contributed by atoms with Gasteiger partial charge in [-0.05, 0) is 36.2 Å². The Morgan fingerprint density at radius 1 is 1.25 bits per heavy atom. The molecule has 3 aromatic rings. The van der Waals surface area contributed by atoms with E-state index >= 15 is 0 Å². The van der Waals surface area contributed by atoms with Crippen LogP contribution >= 0.6 is 0 Å². The van der Waals surface area contributed by atoms with Crippen molar-refractivity contribution in [2.45, 2.75) is 25.9 Å². The highest BCUT2D eigenvalue weighted by molar-refractivity contribution is 5.83. The summed E-state index contributed by atoms with van der Waals surface area (Å²) in [7, 11) is 0. The summed E-state index contributed by atoms with van der Waals surface area (Å²) in [6.07, 6.45) is 4.50. The Kier molecular flexibility index (Phi) is 5.06. The Balaban J connectivity index is 1.38. The summed E-state index contributed by atoms with van der Waals surface area (Å²) in [4.78, 5) is 30.8. The molecule has 2 aromatic heterocycles. The van der Waals surface area contributed by atoms with E-state index in [9.17, 15) is 14.0 Å². The third kappa shape index (κ3) is 3.88. The zero-order valence-corrected chi connectivity index (χ0v) is 15.3. The van der Waals surface area contributed by atoms with Crippen LogP contribution in [-0.4, -0.2) is 32.6 Å². The number of rotatable bonds is 5. The van der Waals surface area contributed by atoms with Crippen LogP contribution < -0.4 is 5.32 Å². The van der Waals surface area contributed by atoms with Crippen molar-refractivity contribution in [3.63, 3.8) is 0 Å². The highest BCUT2D eigenvalue weighted by Gasteiger charge is 2.30. The average molecular weight is 380 g/mol. The van der Waals surface area contributed by atoms with Gasteiger partial charge in [0.15, 0.2) is 0 Å². The van der Waals surface area contributed by atoms with Crippen LogP contribution in [0.25, 0.3) is 5.65 Å². The number of imidazole rings is 1. The minimum atomic E-state index is -0.329. The first kappa shape index (κ1) is 18.2. The monoisotopic (exact) mass is 380 g/mol. The van der Waals surface area contributed by atoms with E-state index in [1.807, 2.05) is 28.8 Å². The molecule has 7 heteroatoms. The van der Waals surface area contributed by atoms with Gasteiger partial charge in [0.1, 0.15) is 11.5 Å². The Labute approximate surface area is 162 Å². The highest BCUT2D eigenvalue weighted by atomic mass is 19.1. The van der Waals surface area contributed by atoms with Crippen molar-refractivity contribution in [2.24, 2.45) is 5.92 Å². The van der Waals surface area contributed by atoms with Gasteiger partial charge in [-0.3, -0.25) is 9.59 Å². The van der Waals surface area contributed by atoms with Gasteiger partial charge >= 0.3 is 0 Å². The molecule has 4 rings (SSSR count). The maximum absolute atomic E-state index is 13.4. The van der Waals surface area contributed by atoms with Gasteiger partial charge in [-0.1, -0.05) is 18.2 Å². The molecule has 1 aliphatic rings. The summed E-state index contributed by atoms with van der Waals surface area (Å²) < 4.78 is 15.3. The second-order valence-corrected chi connectivity index (χ2v) is 7.04. The molecule has 1 saturated heterocycles. The molecular formula is C21H21FN4O2. The van der Waals surface area contributed by atoms with E-state index in [-0.39, 0.29) is 23.5 Å². The Bertz CT molecular complexity index is 1020. The summed E-state index contributed by atoms with van der Waals surface area (Å²) in [6, 6.07) is 11.9.